The lowest BCUT2D eigenvalue weighted by Crippen LogP contribution is -2.21. The van der Waals surface area contributed by atoms with E-state index in [9.17, 15) is 0 Å². The molecule has 3 nitrogen and oxygen atoms in total. The molecule has 4 heteroatoms. The Morgan fingerprint density at radius 1 is 1.40 bits per heavy atom. The first-order valence-corrected chi connectivity index (χ1v) is 5.73. The molecule has 0 atom stereocenters. The second-order valence-electron chi connectivity index (χ2n) is 3.77. The van der Waals surface area contributed by atoms with Crippen LogP contribution in [0.15, 0.2) is 6.20 Å². The number of aryl methyl sites for hydroxylation is 1. The third-order valence-corrected chi connectivity index (χ3v) is 2.56. The van der Waals surface area contributed by atoms with Crippen LogP contribution in [0.25, 0.3) is 0 Å². The van der Waals surface area contributed by atoms with Gasteiger partial charge in [0, 0.05) is 25.4 Å². The molecule has 0 saturated heterocycles. The summed E-state index contributed by atoms with van der Waals surface area (Å²) in [5.74, 6) is 0.936. The Bertz CT molecular complexity index is 315. The summed E-state index contributed by atoms with van der Waals surface area (Å²) in [4.78, 5) is 10.3. The van der Waals surface area contributed by atoms with Crippen LogP contribution in [0, 0.1) is 6.92 Å². The quantitative estimate of drug-likeness (QED) is 0.572. The molecule has 15 heavy (non-hydrogen) atoms. The van der Waals surface area contributed by atoms with E-state index >= 15 is 0 Å². The Labute approximate surface area is 96.5 Å². The van der Waals surface area contributed by atoms with Gasteiger partial charge < -0.3 is 4.90 Å². The molecule has 0 fully saturated rings. The van der Waals surface area contributed by atoms with Crippen molar-refractivity contribution in [3.05, 3.63) is 17.0 Å². The number of unbranched alkanes of at least 4 members (excludes halogenated alkanes) is 2. The molecule has 1 aromatic rings. The Morgan fingerprint density at radius 3 is 2.80 bits per heavy atom. The van der Waals surface area contributed by atoms with Gasteiger partial charge in [0.25, 0.3) is 0 Å². The van der Waals surface area contributed by atoms with Gasteiger partial charge in [-0.15, -0.1) is 0 Å². The Hall–Kier alpha value is -0.830. The maximum absolute atomic E-state index is 5.77. The molecular formula is C11H18ClN3. The highest BCUT2D eigenvalue weighted by Crippen LogP contribution is 2.17. The lowest BCUT2D eigenvalue weighted by molar-refractivity contribution is 0.699. The van der Waals surface area contributed by atoms with Crippen molar-refractivity contribution in [1.82, 2.24) is 9.97 Å². The molecular weight excluding hydrogens is 210 g/mol. The maximum atomic E-state index is 5.77. The van der Waals surface area contributed by atoms with Crippen molar-refractivity contribution in [3.8, 4) is 0 Å². The molecule has 1 aromatic heterocycles. The first kappa shape index (κ1) is 12.2. The van der Waals surface area contributed by atoms with Gasteiger partial charge in [-0.25, -0.2) is 9.97 Å². The molecule has 0 unspecified atom stereocenters. The zero-order chi connectivity index (χ0) is 11.3. The monoisotopic (exact) mass is 227 g/mol. The fourth-order valence-electron chi connectivity index (χ4n) is 1.50. The fraction of sp³-hybridized carbons (Fsp3) is 0.636. The molecule has 0 aliphatic rings. The van der Waals surface area contributed by atoms with Crippen LogP contribution in [-0.2, 0) is 0 Å². The first-order valence-electron chi connectivity index (χ1n) is 5.35. The minimum Gasteiger partial charge on any atom is -0.359 e. The average Bonchev–Trinajstić information content (AvgIpc) is 2.22. The molecule has 0 saturated carbocycles. The predicted octanol–water partition coefficient (Wildman–Crippen LogP) is 3.06. The molecule has 0 aliphatic heterocycles. The minimum atomic E-state index is 0.318. The van der Waals surface area contributed by atoms with Crippen LogP contribution in [0.1, 0.15) is 31.7 Å². The lowest BCUT2D eigenvalue weighted by atomic mass is 10.2. The second-order valence-corrected chi connectivity index (χ2v) is 4.11. The minimum absolute atomic E-state index is 0.318. The Balaban J connectivity index is 2.64. The molecule has 0 amide bonds. The van der Waals surface area contributed by atoms with Gasteiger partial charge in [0.1, 0.15) is 5.82 Å². The normalized spacial score (nSPS) is 10.4. The van der Waals surface area contributed by atoms with E-state index in [4.69, 9.17) is 11.6 Å². The number of rotatable bonds is 5. The summed E-state index contributed by atoms with van der Waals surface area (Å²) in [6.07, 6.45) is 5.44. The van der Waals surface area contributed by atoms with Gasteiger partial charge in [0.2, 0.25) is 5.28 Å². The van der Waals surface area contributed by atoms with Gasteiger partial charge in [-0.05, 0) is 24.9 Å². The SMILES string of the molecule is CCCCCN(C)c1nc(Cl)ncc1C. The van der Waals surface area contributed by atoms with Gasteiger partial charge in [-0.1, -0.05) is 19.8 Å². The largest absolute Gasteiger partial charge is 0.359 e. The number of hydrogen-bond donors (Lipinski definition) is 0. The fourth-order valence-corrected chi connectivity index (χ4v) is 1.63. The highest BCUT2D eigenvalue weighted by atomic mass is 35.5. The van der Waals surface area contributed by atoms with E-state index < -0.39 is 0 Å². The molecule has 0 aliphatic carbocycles. The number of anilines is 1. The summed E-state index contributed by atoms with van der Waals surface area (Å²) >= 11 is 5.77. The second kappa shape index (κ2) is 5.91. The lowest BCUT2D eigenvalue weighted by Gasteiger charge is -2.19. The van der Waals surface area contributed by atoms with Crippen molar-refractivity contribution >= 4 is 17.4 Å². The number of nitrogens with zero attached hydrogens (tertiary/aromatic N) is 3. The van der Waals surface area contributed by atoms with E-state index in [2.05, 4.69) is 21.8 Å². The van der Waals surface area contributed by atoms with Gasteiger partial charge in [0.05, 0.1) is 0 Å². The number of hydrogen-bond acceptors (Lipinski definition) is 3. The summed E-state index contributed by atoms with van der Waals surface area (Å²) in [5, 5.41) is 0.318. The van der Waals surface area contributed by atoms with E-state index in [1.165, 1.54) is 19.3 Å². The summed E-state index contributed by atoms with van der Waals surface area (Å²) in [7, 11) is 2.04. The van der Waals surface area contributed by atoms with Crippen molar-refractivity contribution in [1.29, 1.82) is 0 Å². The van der Waals surface area contributed by atoms with Crippen LogP contribution >= 0.6 is 11.6 Å². The molecule has 1 rings (SSSR count). The zero-order valence-electron chi connectivity index (χ0n) is 9.63. The van der Waals surface area contributed by atoms with E-state index in [0.29, 0.717) is 5.28 Å². The molecule has 0 N–H and O–H groups in total. The summed E-state index contributed by atoms with van der Waals surface area (Å²) in [5.41, 5.74) is 1.07. The van der Waals surface area contributed by atoms with E-state index in [0.717, 1.165) is 17.9 Å². The smallest absolute Gasteiger partial charge is 0.224 e. The van der Waals surface area contributed by atoms with Crippen molar-refractivity contribution < 1.29 is 0 Å². The van der Waals surface area contributed by atoms with Gasteiger partial charge >= 0.3 is 0 Å². The van der Waals surface area contributed by atoms with E-state index in [-0.39, 0.29) is 0 Å². The number of halogens is 1. The average molecular weight is 228 g/mol. The summed E-state index contributed by atoms with van der Waals surface area (Å²) < 4.78 is 0. The molecule has 0 aromatic carbocycles. The highest BCUT2D eigenvalue weighted by Gasteiger charge is 2.07. The zero-order valence-corrected chi connectivity index (χ0v) is 10.4. The summed E-state index contributed by atoms with van der Waals surface area (Å²) in [6, 6.07) is 0. The maximum Gasteiger partial charge on any atom is 0.224 e. The standard InChI is InChI=1S/C11H18ClN3/c1-4-5-6-7-15(3)10-9(2)8-13-11(12)14-10/h8H,4-7H2,1-3H3. The topological polar surface area (TPSA) is 29.0 Å². The van der Waals surface area contributed by atoms with Crippen molar-refractivity contribution in [2.75, 3.05) is 18.5 Å². The molecule has 84 valence electrons. The van der Waals surface area contributed by atoms with Crippen molar-refractivity contribution in [2.45, 2.75) is 33.1 Å². The van der Waals surface area contributed by atoms with Crippen LogP contribution in [0.4, 0.5) is 5.82 Å². The molecule has 0 radical (unpaired) electrons. The third kappa shape index (κ3) is 3.67. The third-order valence-electron chi connectivity index (χ3n) is 2.37. The van der Waals surface area contributed by atoms with E-state index in [1.807, 2.05) is 14.0 Å². The van der Waals surface area contributed by atoms with Crippen LogP contribution in [0.3, 0.4) is 0 Å². The van der Waals surface area contributed by atoms with Crippen LogP contribution in [0.5, 0.6) is 0 Å². The van der Waals surface area contributed by atoms with Crippen molar-refractivity contribution in [3.63, 3.8) is 0 Å². The summed E-state index contributed by atoms with van der Waals surface area (Å²) in [6.45, 7) is 5.22. The highest BCUT2D eigenvalue weighted by molar-refractivity contribution is 6.28. The van der Waals surface area contributed by atoms with Crippen molar-refractivity contribution in [2.24, 2.45) is 0 Å². The molecule has 1 heterocycles. The van der Waals surface area contributed by atoms with Crippen LogP contribution < -0.4 is 4.90 Å². The number of aromatic nitrogens is 2. The first-order chi connectivity index (χ1) is 7.15. The van der Waals surface area contributed by atoms with E-state index in [1.54, 1.807) is 6.20 Å². The molecule has 0 bridgehead atoms. The van der Waals surface area contributed by atoms with Crippen LogP contribution in [0.2, 0.25) is 5.28 Å². The Morgan fingerprint density at radius 2 is 2.13 bits per heavy atom. The van der Waals surface area contributed by atoms with Crippen LogP contribution in [-0.4, -0.2) is 23.6 Å². The Kier molecular flexibility index (Phi) is 4.82. The van der Waals surface area contributed by atoms with Gasteiger partial charge in [0.15, 0.2) is 0 Å². The van der Waals surface area contributed by atoms with Gasteiger partial charge in [-0.2, -0.15) is 0 Å². The predicted molar refractivity (Wildman–Crippen MR) is 64.6 cm³/mol. The molecule has 0 spiro atoms. The van der Waals surface area contributed by atoms with Gasteiger partial charge in [-0.3, -0.25) is 0 Å².